The van der Waals surface area contributed by atoms with Crippen molar-refractivity contribution in [2.24, 2.45) is 5.92 Å². The van der Waals surface area contributed by atoms with Gasteiger partial charge in [0.15, 0.2) is 0 Å². The summed E-state index contributed by atoms with van der Waals surface area (Å²) in [6.45, 7) is 11.5. The summed E-state index contributed by atoms with van der Waals surface area (Å²) < 4.78 is 5.72. The predicted molar refractivity (Wildman–Crippen MR) is 108 cm³/mol. The quantitative estimate of drug-likeness (QED) is 0.585. The molecule has 0 aliphatic carbocycles. The van der Waals surface area contributed by atoms with E-state index in [0.29, 0.717) is 29.5 Å². The van der Waals surface area contributed by atoms with Crippen molar-refractivity contribution in [1.82, 2.24) is 4.90 Å². The lowest BCUT2D eigenvalue weighted by atomic mass is 10.1. The van der Waals surface area contributed by atoms with Gasteiger partial charge < -0.3 is 4.74 Å². The van der Waals surface area contributed by atoms with E-state index in [0.717, 1.165) is 24.2 Å². The predicted octanol–water partition coefficient (Wildman–Crippen LogP) is 4.74. The zero-order valence-corrected chi connectivity index (χ0v) is 17.2. The molecule has 0 saturated heterocycles. The highest BCUT2D eigenvalue weighted by atomic mass is 32.2. The number of ether oxygens (including phenoxy) is 1. The summed E-state index contributed by atoms with van der Waals surface area (Å²) in [4.78, 5) is 27.7. The van der Waals surface area contributed by atoms with Crippen LogP contribution in [0, 0.1) is 5.92 Å². The fraction of sp³-hybridized carbons (Fsp3) is 0.524. The van der Waals surface area contributed by atoms with Crippen molar-refractivity contribution in [3.8, 4) is 5.75 Å². The molecule has 5 heteroatoms. The van der Waals surface area contributed by atoms with Gasteiger partial charge in [0.05, 0.1) is 17.1 Å². The zero-order chi connectivity index (χ0) is 19.3. The van der Waals surface area contributed by atoms with Gasteiger partial charge in [-0.05, 0) is 30.0 Å². The van der Waals surface area contributed by atoms with E-state index in [9.17, 15) is 9.59 Å². The Morgan fingerprint density at radius 2 is 1.69 bits per heavy atom. The number of hydrogen-bond acceptors (Lipinski definition) is 4. The third-order valence-electron chi connectivity index (χ3n) is 3.94. The Morgan fingerprint density at radius 3 is 2.23 bits per heavy atom. The van der Waals surface area contributed by atoms with Crippen LogP contribution in [0.25, 0.3) is 5.57 Å². The summed E-state index contributed by atoms with van der Waals surface area (Å²) in [5.74, 6) is 0.896. The van der Waals surface area contributed by atoms with E-state index in [1.54, 1.807) is 0 Å². The molecule has 0 spiro atoms. The lowest BCUT2D eigenvalue weighted by Crippen LogP contribution is -2.32. The van der Waals surface area contributed by atoms with Crippen molar-refractivity contribution in [1.29, 1.82) is 0 Å². The number of nitrogens with zero attached hydrogens (tertiary/aromatic N) is 1. The number of thioether (sulfide) groups is 1. The minimum absolute atomic E-state index is 0.155. The Morgan fingerprint density at radius 1 is 1.04 bits per heavy atom. The second-order valence-electron chi connectivity index (χ2n) is 7.22. The van der Waals surface area contributed by atoms with Crippen LogP contribution in [0.2, 0.25) is 0 Å². The van der Waals surface area contributed by atoms with Crippen molar-refractivity contribution in [2.75, 3.05) is 13.2 Å². The number of amides is 2. The molecule has 142 valence electrons. The van der Waals surface area contributed by atoms with Gasteiger partial charge in [-0.2, -0.15) is 0 Å². The fourth-order valence-corrected chi connectivity index (χ4v) is 3.66. The van der Waals surface area contributed by atoms with E-state index in [-0.39, 0.29) is 17.1 Å². The largest absolute Gasteiger partial charge is 0.493 e. The molecule has 1 heterocycles. The fourth-order valence-electron chi connectivity index (χ4n) is 2.65. The van der Waals surface area contributed by atoms with Gasteiger partial charge in [-0.15, -0.1) is 11.8 Å². The molecule has 0 bridgehead atoms. The molecule has 0 atom stereocenters. The number of benzene rings is 1. The number of carbonyl (C=O) groups excluding carboxylic acids is 2. The van der Waals surface area contributed by atoms with Gasteiger partial charge in [0.1, 0.15) is 5.75 Å². The molecule has 0 N–H and O–H groups in total. The zero-order valence-electron chi connectivity index (χ0n) is 16.4. The number of hydrogen-bond donors (Lipinski definition) is 0. The Balaban J connectivity index is 2.30. The summed E-state index contributed by atoms with van der Waals surface area (Å²) >= 11 is 1.47. The van der Waals surface area contributed by atoms with Crippen molar-refractivity contribution in [3.05, 3.63) is 34.7 Å². The van der Waals surface area contributed by atoms with Crippen molar-refractivity contribution in [2.45, 2.75) is 52.7 Å². The van der Waals surface area contributed by atoms with Crippen LogP contribution in [0.15, 0.2) is 29.2 Å². The van der Waals surface area contributed by atoms with Crippen LogP contribution in [0.4, 0.5) is 0 Å². The first-order chi connectivity index (χ1) is 12.3. The number of imide groups is 1. The second kappa shape index (κ2) is 9.26. The van der Waals surface area contributed by atoms with Crippen molar-refractivity contribution < 1.29 is 14.3 Å². The van der Waals surface area contributed by atoms with Crippen molar-refractivity contribution in [3.63, 3.8) is 0 Å². The molecule has 1 aromatic rings. The molecule has 0 fully saturated rings. The number of rotatable bonds is 9. The molecule has 0 saturated carbocycles. The second-order valence-corrected chi connectivity index (χ2v) is 8.80. The van der Waals surface area contributed by atoms with Gasteiger partial charge in [0.25, 0.3) is 11.8 Å². The van der Waals surface area contributed by atoms with Crippen molar-refractivity contribution >= 4 is 29.1 Å². The standard InChI is InChI=1S/C21H29NO3S/c1-6-7-12-22-20(23)18(19(21(22)24)26-15(4)5)16-8-10-17(11-9-16)25-13-14(2)3/h8-11,14-15H,6-7,12-13H2,1-5H3. The molecule has 2 rings (SSSR count). The van der Waals surface area contributed by atoms with Gasteiger partial charge in [0, 0.05) is 11.8 Å². The molecule has 0 aromatic heterocycles. The Hall–Kier alpha value is -1.75. The molecule has 1 aromatic carbocycles. The van der Waals surface area contributed by atoms with Gasteiger partial charge >= 0.3 is 0 Å². The van der Waals surface area contributed by atoms with Gasteiger partial charge in [-0.3, -0.25) is 14.5 Å². The van der Waals surface area contributed by atoms with E-state index >= 15 is 0 Å². The summed E-state index contributed by atoms with van der Waals surface area (Å²) in [6, 6.07) is 7.49. The van der Waals surface area contributed by atoms with Crippen LogP contribution in [0.1, 0.15) is 53.0 Å². The average Bonchev–Trinajstić information content (AvgIpc) is 2.81. The van der Waals surface area contributed by atoms with Gasteiger partial charge in [-0.1, -0.05) is 53.2 Å². The molecule has 2 amide bonds. The van der Waals surface area contributed by atoms with E-state index in [1.165, 1.54) is 16.7 Å². The first-order valence-corrected chi connectivity index (χ1v) is 10.2. The molecular weight excluding hydrogens is 346 g/mol. The van der Waals surface area contributed by atoms with Crippen LogP contribution in [0.5, 0.6) is 5.75 Å². The summed E-state index contributed by atoms with van der Waals surface area (Å²) in [5, 5.41) is 0.233. The van der Waals surface area contributed by atoms with Gasteiger partial charge in [-0.25, -0.2) is 0 Å². The van der Waals surface area contributed by atoms with Crippen LogP contribution >= 0.6 is 11.8 Å². The first-order valence-electron chi connectivity index (χ1n) is 9.35. The molecule has 4 nitrogen and oxygen atoms in total. The van der Waals surface area contributed by atoms with Crippen LogP contribution < -0.4 is 4.74 Å². The minimum Gasteiger partial charge on any atom is -0.493 e. The van der Waals surface area contributed by atoms with Crippen LogP contribution in [-0.4, -0.2) is 35.1 Å². The summed E-state index contributed by atoms with van der Waals surface area (Å²) in [7, 11) is 0. The topological polar surface area (TPSA) is 46.6 Å². The smallest absolute Gasteiger partial charge is 0.267 e. The SMILES string of the molecule is CCCCN1C(=O)C(SC(C)C)=C(c2ccc(OCC(C)C)cc2)C1=O. The maximum absolute atomic E-state index is 12.9. The van der Waals surface area contributed by atoms with Crippen LogP contribution in [-0.2, 0) is 9.59 Å². The van der Waals surface area contributed by atoms with E-state index in [2.05, 4.69) is 20.8 Å². The first kappa shape index (κ1) is 20.6. The summed E-state index contributed by atoms with van der Waals surface area (Å²) in [6.07, 6.45) is 1.77. The van der Waals surface area contributed by atoms with E-state index < -0.39 is 0 Å². The number of carbonyl (C=O) groups is 2. The third kappa shape index (κ3) is 4.91. The molecule has 1 aliphatic heterocycles. The normalized spacial score (nSPS) is 15.0. The summed E-state index contributed by atoms with van der Waals surface area (Å²) in [5.41, 5.74) is 1.31. The molecule has 0 radical (unpaired) electrons. The Bertz CT molecular complexity index is 677. The molecule has 1 aliphatic rings. The van der Waals surface area contributed by atoms with E-state index in [1.807, 2.05) is 38.1 Å². The minimum atomic E-state index is -0.178. The molecule has 0 unspecified atom stereocenters. The lowest BCUT2D eigenvalue weighted by molar-refractivity contribution is -0.136. The Labute approximate surface area is 161 Å². The highest BCUT2D eigenvalue weighted by Crippen LogP contribution is 2.38. The van der Waals surface area contributed by atoms with Crippen LogP contribution in [0.3, 0.4) is 0 Å². The maximum atomic E-state index is 12.9. The lowest BCUT2D eigenvalue weighted by Gasteiger charge is -2.14. The molecular formula is C21H29NO3S. The molecule has 26 heavy (non-hydrogen) atoms. The van der Waals surface area contributed by atoms with Gasteiger partial charge in [0.2, 0.25) is 0 Å². The monoisotopic (exact) mass is 375 g/mol. The van der Waals surface area contributed by atoms with E-state index in [4.69, 9.17) is 4.74 Å². The maximum Gasteiger partial charge on any atom is 0.267 e. The third-order valence-corrected chi connectivity index (χ3v) is 5.03. The highest BCUT2D eigenvalue weighted by molar-refractivity contribution is 8.04. The highest BCUT2D eigenvalue weighted by Gasteiger charge is 2.39. The Kier molecular flexibility index (Phi) is 7.33. The number of unbranched alkanes of at least 4 members (excludes halogenated alkanes) is 1. The average molecular weight is 376 g/mol.